The molecule has 5 heteroatoms. The lowest BCUT2D eigenvalue weighted by Gasteiger charge is -2.07. The summed E-state index contributed by atoms with van der Waals surface area (Å²) in [6.45, 7) is 0. The van der Waals surface area contributed by atoms with Gasteiger partial charge in [0.25, 0.3) is 0 Å². The monoisotopic (exact) mass is 287 g/mol. The van der Waals surface area contributed by atoms with E-state index in [9.17, 15) is 9.18 Å². The summed E-state index contributed by atoms with van der Waals surface area (Å²) in [6.07, 6.45) is 0. The molecule has 1 N–H and O–H groups in total. The number of nitriles is 1. The molecule has 0 spiro atoms. The highest BCUT2D eigenvalue weighted by atomic mass is 32.2. The molecule has 2 aromatic rings. The van der Waals surface area contributed by atoms with Gasteiger partial charge in [0.2, 0.25) is 0 Å². The highest BCUT2D eigenvalue weighted by molar-refractivity contribution is 7.98. The Kier molecular flexibility index (Phi) is 4.38. The maximum absolute atomic E-state index is 13.9. The van der Waals surface area contributed by atoms with Crippen molar-refractivity contribution in [2.75, 3.05) is 0 Å². The molecule has 2 rings (SSSR count). The van der Waals surface area contributed by atoms with E-state index in [1.54, 1.807) is 36.4 Å². The number of rotatable bonds is 4. The SMILES string of the molecule is N#Cc1cccc(CSc2ccccc2C(=O)O)c1F. The first-order valence-corrected chi connectivity index (χ1v) is 6.74. The van der Waals surface area contributed by atoms with Gasteiger partial charge in [0.1, 0.15) is 11.9 Å². The molecule has 0 aromatic heterocycles. The van der Waals surface area contributed by atoms with E-state index in [1.165, 1.54) is 23.9 Å². The summed E-state index contributed by atoms with van der Waals surface area (Å²) >= 11 is 1.23. The molecule has 20 heavy (non-hydrogen) atoms. The van der Waals surface area contributed by atoms with Gasteiger partial charge in [0.15, 0.2) is 0 Å². The first kappa shape index (κ1) is 14.1. The molecule has 0 aliphatic carbocycles. The summed E-state index contributed by atoms with van der Waals surface area (Å²) in [5.41, 5.74) is 0.568. The fourth-order valence-electron chi connectivity index (χ4n) is 1.70. The van der Waals surface area contributed by atoms with Gasteiger partial charge in [-0.3, -0.25) is 0 Å². The van der Waals surface area contributed by atoms with Crippen molar-refractivity contribution in [1.29, 1.82) is 5.26 Å². The van der Waals surface area contributed by atoms with Crippen LogP contribution in [0.25, 0.3) is 0 Å². The quantitative estimate of drug-likeness (QED) is 0.871. The summed E-state index contributed by atoms with van der Waals surface area (Å²) in [7, 11) is 0. The predicted octanol–water partition coefficient (Wildman–Crippen LogP) is 3.69. The first-order chi connectivity index (χ1) is 9.63. The summed E-state index contributed by atoms with van der Waals surface area (Å²) in [5.74, 6) is -1.29. The number of carboxylic acid groups (broad SMARTS) is 1. The predicted molar refractivity (Wildman–Crippen MR) is 74.1 cm³/mol. The van der Waals surface area contributed by atoms with Crippen LogP contribution in [0, 0.1) is 17.1 Å². The third-order valence-electron chi connectivity index (χ3n) is 2.70. The number of nitrogens with zero attached hydrogens (tertiary/aromatic N) is 1. The molecule has 0 fully saturated rings. The van der Waals surface area contributed by atoms with Gasteiger partial charge in [0.05, 0.1) is 11.1 Å². The van der Waals surface area contributed by atoms with Gasteiger partial charge in [-0.15, -0.1) is 11.8 Å². The van der Waals surface area contributed by atoms with Gasteiger partial charge in [-0.2, -0.15) is 5.26 Å². The highest BCUT2D eigenvalue weighted by Gasteiger charge is 2.12. The number of halogens is 1. The van der Waals surface area contributed by atoms with Crippen LogP contribution in [0.4, 0.5) is 4.39 Å². The van der Waals surface area contributed by atoms with Gasteiger partial charge >= 0.3 is 5.97 Å². The van der Waals surface area contributed by atoms with Crippen LogP contribution in [-0.2, 0) is 5.75 Å². The van der Waals surface area contributed by atoms with E-state index in [0.717, 1.165) is 0 Å². The van der Waals surface area contributed by atoms with E-state index in [0.29, 0.717) is 10.5 Å². The van der Waals surface area contributed by atoms with Crippen LogP contribution in [0.1, 0.15) is 21.5 Å². The second kappa shape index (κ2) is 6.22. The number of hydrogen-bond donors (Lipinski definition) is 1. The minimum atomic E-state index is -1.01. The van der Waals surface area contributed by atoms with Crippen LogP contribution in [0.5, 0.6) is 0 Å². The van der Waals surface area contributed by atoms with Crippen molar-refractivity contribution in [3.8, 4) is 6.07 Å². The van der Waals surface area contributed by atoms with Crippen molar-refractivity contribution in [3.05, 3.63) is 65.0 Å². The largest absolute Gasteiger partial charge is 0.478 e. The smallest absolute Gasteiger partial charge is 0.336 e. The second-order valence-electron chi connectivity index (χ2n) is 3.98. The maximum Gasteiger partial charge on any atom is 0.336 e. The summed E-state index contributed by atoms with van der Waals surface area (Å²) < 4.78 is 13.9. The van der Waals surface area contributed by atoms with Crippen molar-refractivity contribution in [1.82, 2.24) is 0 Å². The van der Waals surface area contributed by atoms with Crippen molar-refractivity contribution < 1.29 is 14.3 Å². The lowest BCUT2D eigenvalue weighted by atomic mass is 10.1. The normalized spacial score (nSPS) is 10.0. The molecular formula is C15H10FNO2S. The lowest BCUT2D eigenvalue weighted by Crippen LogP contribution is -1.99. The van der Waals surface area contributed by atoms with Crippen molar-refractivity contribution >= 4 is 17.7 Å². The zero-order valence-corrected chi connectivity index (χ0v) is 11.2. The molecule has 0 bridgehead atoms. The fourth-order valence-corrected chi connectivity index (χ4v) is 2.72. The van der Waals surface area contributed by atoms with E-state index in [-0.39, 0.29) is 16.9 Å². The Morgan fingerprint density at radius 1 is 1.25 bits per heavy atom. The molecule has 0 amide bonds. The molecule has 0 saturated carbocycles. The second-order valence-corrected chi connectivity index (χ2v) is 5.00. The standard InChI is InChI=1S/C15H10FNO2S/c16-14-10(8-17)4-3-5-11(14)9-20-13-7-2-1-6-12(13)15(18)19/h1-7H,9H2,(H,18,19). The third kappa shape index (κ3) is 2.98. The average molecular weight is 287 g/mol. The van der Waals surface area contributed by atoms with Crippen molar-refractivity contribution in [2.24, 2.45) is 0 Å². The van der Waals surface area contributed by atoms with E-state index >= 15 is 0 Å². The van der Waals surface area contributed by atoms with Gasteiger partial charge < -0.3 is 5.11 Å². The van der Waals surface area contributed by atoms with Crippen molar-refractivity contribution in [2.45, 2.75) is 10.6 Å². The van der Waals surface area contributed by atoms with Crippen LogP contribution in [-0.4, -0.2) is 11.1 Å². The summed E-state index contributed by atoms with van der Waals surface area (Å²) in [4.78, 5) is 11.6. The molecule has 100 valence electrons. The molecule has 0 unspecified atom stereocenters. The minimum Gasteiger partial charge on any atom is -0.478 e. The average Bonchev–Trinajstić information content (AvgIpc) is 2.46. The highest BCUT2D eigenvalue weighted by Crippen LogP contribution is 2.27. The Morgan fingerprint density at radius 3 is 2.70 bits per heavy atom. The first-order valence-electron chi connectivity index (χ1n) is 5.76. The van der Waals surface area contributed by atoms with Gasteiger partial charge in [-0.25, -0.2) is 9.18 Å². The molecule has 0 atom stereocenters. The van der Waals surface area contributed by atoms with Crippen LogP contribution in [0.2, 0.25) is 0 Å². The van der Waals surface area contributed by atoms with Crippen LogP contribution >= 0.6 is 11.8 Å². The van der Waals surface area contributed by atoms with E-state index < -0.39 is 11.8 Å². The lowest BCUT2D eigenvalue weighted by molar-refractivity contribution is 0.0693. The number of aromatic carboxylic acids is 1. The molecule has 3 nitrogen and oxygen atoms in total. The molecule has 0 aliphatic heterocycles. The Morgan fingerprint density at radius 2 is 2.00 bits per heavy atom. The van der Waals surface area contributed by atoms with Gasteiger partial charge in [-0.1, -0.05) is 24.3 Å². The van der Waals surface area contributed by atoms with Crippen LogP contribution in [0.3, 0.4) is 0 Å². The Balaban J connectivity index is 2.22. The van der Waals surface area contributed by atoms with E-state index in [2.05, 4.69) is 0 Å². The zero-order chi connectivity index (χ0) is 14.5. The molecular weight excluding hydrogens is 277 g/mol. The molecule has 0 radical (unpaired) electrons. The number of thioether (sulfide) groups is 1. The Hall–Kier alpha value is -2.32. The van der Waals surface area contributed by atoms with E-state index in [4.69, 9.17) is 10.4 Å². The number of benzene rings is 2. The number of hydrogen-bond acceptors (Lipinski definition) is 3. The van der Waals surface area contributed by atoms with E-state index in [1.807, 2.05) is 0 Å². The van der Waals surface area contributed by atoms with Gasteiger partial charge in [-0.05, 0) is 23.8 Å². The summed E-state index contributed by atoms with van der Waals surface area (Å²) in [5, 5.41) is 17.8. The number of carbonyl (C=O) groups is 1. The topological polar surface area (TPSA) is 61.1 Å². The maximum atomic E-state index is 13.9. The number of carboxylic acids is 1. The molecule has 2 aromatic carbocycles. The van der Waals surface area contributed by atoms with Crippen molar-refractivity contribution in [3.63, 3.8) is 0 Å². The van der Waals surface area contributed by atoms with Crippen LogP contribution < -0.4 is 0 Å². The summed E-state index contributed by atoms with van der Waals surface area (Å²) in [6, 6.07) is 13.0. The molecule has 0 aliphatic rings. The molecule has 0 heterocycles. The van der Waals surface area contributed by atoms with Crippen LogP contribution in [0.15, 0.2) is 47.4 Å². The fraction of sp³-hybridized carbons (Fsp3) is 0.0667. The minimum absolute atomic E-state index is 0.00498. The third-order valence-corrected chi connectivity index (χ3v) is 3.82. The Bertz CT molecular complexity index is 695. The molecule has 0 saturated heterocycles. The Labute approximate surface area is 119 Å². The zero-order valence-electron chi connectivity index (χ0n) is 10.3. The van der Waals surface area contributed by atoms with Gasteiger partial charge in [0, 0.05) is 10.6 Å².